The zero-order chi connectivity index (χ0) is 18.4. The first kappa shape index (κ1) is 19.0. The molecule has 2 aromatic carbocycles. The maximum Gasteiger partial charge on any atom is 0.220 e. The van der Waals surface area contributed by atoms with E-state index in [0.717, 1.165) is 5.75 Å². The van der Waals surface area contributed by atoms with Crippen LogP contribution in [0.4, 0.5) is 0 Å². The van der Waals surface area contributed by atoms with Gasteiger partial charge in [-0.05, 0) is 75.4 Å². The molecule has 0 aliphatic heterocycles. The van der Waals surface area contributed by atoms with Crippen molar-refractivity contribution in [2.45, 2.75) is 53.5 Å². The second-order valence-electron chi connectivity index (χ2n) is 6.85. The molecule has 0 aliphatic carbocycles. The molecule has 25 heavy (non-hydrogen) atoms. The summed E-state index contributed by atoms with van der Waals surface area (Å²) in [7, 11) is 0. The van der Waals surface area contributed by atoms with Crippen LogP contribution >= 0.6 is 0 Å². The number of aryl methyl sites for hydroxylation is 4. The predicted molar refractivity (Wildman–Crippen MR) is 103 cm³/mol. The predicted octanol–water partition coefficient (Wildman–Crippen LogP) is 4.96. The Hall–Kier alpha value is -2.29. The third-order valence-electron chi connectivity index (χ3n) is 4.56. The molecule has 0 fully saturated rings. The van der Waals surface area contributed by atoms with Gasteiger partial charge >= 0.3 is 0 Å². The fourth-order valence-electron chi connectivity index (χ4n) is 2.90. The summed E-state index contributed by atoms with van der Waals surface area (Å²) < 4.78 is 5.67. The van der Waals surface area contributed by atoms with Gasteiger partial charge in [-0.2, -0.15) is 0 Å². The fraction of sp³-hybridized carbons (Fsp3) is 0.409. The summed E-state index contributed by atoms with van der Waals surface area (Å²) in [6, 6.07) is 12.3. The quantitative estimate of drug-likeness (QED) is 0.724. The summed E-state index contributed by atoms with van der Waals surface area (Å²) in [6.07, 6.45) is 1.18. The molecule has 1 atom stereocenters. The number of amides is 1. The highest BCUT2D eigenvalue weighted by Crippen LogP contribution is 2.21. The third-order valence-corrected chi connectivity index (χ3v) is 4.56. The van der Waals surface area contributed by atoms with Crippen LogP contribution < -0.4 is 10.1 Å². The molecule has 2 aromatic rings. The molecule has 134 valence electrons. The van der Waals surface area contributed by atoms with Crippen LogP contribution in [0, 0.1) is 27.7 Å². The largest absolute Gasteiger partial charge is 0.494 e. The topological polar surface area (TPSA) is 38.3 Å². The Morgan fingerprint density at radius 3 is 2.32 bits per heavy atom. The van der Waals surface area contributed by atoms with Crippen molar-refractivity contribution in [1.29, 1.82) is 0 Å². The van der Waals surface area contributed by atoms with E-state index < -0.39 is 0 Å². The van der Waals surface area contributed by atoms with Gasteiger partial charge in [-0.3, -0.25) is 4.79 Å². The number of rotatable bonds is 7. The number of carbonyl (C=O) groups excluding carboxylic acids is 1. The van der Waals surface area contributed by atoms with E-state index in [1.54, 1.807) is 0 Å². The molecule has 1 amide bonds. The maximum absolute atomic E-state index is 12.2. The van der Waals surface area contributed by atoms with Crippen LogP contribution in [0.2, 0.25) is 0 Å². The van der Waals surface area contributed by atoms with Gasteiger partial charge in [-0.15, -0.1) is 0 Å². The molecule has 0 radical (unpaired) electrons. The number of ether oxygens (including phenoxy) is 1. The van der Waals surface area contributed by atoms with Gasteiger partial charge in [0.2, 0.25) is 5.91 Å². The smallest absolute Gasteiger partial charge is 0.220 e. The minimum Gasteiger partial charge on any atom is -0.494 e. The highest BCUT2D eigenvalue weighted by atomic mass is 16.5. The average molecular weight is 339 g/mol. The van der Waals surface area contributed by atoms with Crippen LogP contribution in [0.3, 0.4) is 0 Å². The number of hydrogen-bond donors (Lipinski definition) is 1. The Labute approximate surface area is 151 Å². The molecule has 3 nitrogen and oxygen atoms in total. The molecule has 0 saturated carbocycles. The van der Waals surface area contributed by atoms with Crippen molar-refractivity contribution in [3.63, 3.8) is 0 Å². The molecule has 0 aromatic heterocycles. The number of benzene rings is 2. The summed E-state index contributed by atoms with van der Waals surface area (Å²) in [4.78, 5) is 12.2. The molecule has 0 unspecified atom stereocenters. The van der Waals surface area contributed by atoms with Crippen LogP contribution in [0.15, 0.2) is 36.4 Å². The van der Waals surface area contributed by atoms with E-state index >= 15 is 0 Å². The molecule has 0 spiro atoms. The molecular formula is C22H29NO2. The first-order valence-electron chi connectivity index (χ1n) is 8.93. The van der Waals surface area contributed by atoms with E-state index in [9.17, 15) is 4.79 Å². The lowest BCUT2D eigenvalue weighted by Crippen LogP contribution is -2.27. The van der Waals surface area contributed by atoms with E-state index in [1.165, 1.54) is 27.8 Å². The number of nitrogens with one attached hydrogen (secondary N) is 1. The number of carbonyl (C=O) groups is 1. The van der Waals surface area contributed by atoms with Gasteiger partial charge < -0.3 is 10.1 Å². The van der Waals surface area contributed by atoms with Crippen molar-refractivity contribution in [3.05, 3.63) is 64.2 Å². The number of hydrogen-bond acceptors (Lipinski definition) is 2. The monoisotopic (exact) mass is 339 g/mol. The van der Waals surface area contributed by atoms with Crippen molar-refractivity contribution in [3.8, 4) is 5.75 Å². The van der Waals surface area contributed by atoms with Crippen LogP contribution in [0.5, 0.6) is 5.75 Å². The van der Waals surface area contributed by atoms with Crippen molar-refractivity contribution >= 4 is 5.91 Å². The summed E-state index contributed by atoms with van der Waals surface area (Å²) >= 11 is 0. The van der Waals surface area contributed by atoms with Crippen LogP contribution in [-0.4, -0.2) is 12.5 Å². The van der Waals surface area contributed by atoms with Crippen molar-refractivity contribution in [2.75, 3.05) is 6.61 Å². The van der Waals surface area contributed by atoms with Gasteiger partial charge in [0, 0.05) is 6.42 Å². The van der Waals surface area contributed by atoms with E-state index in [2.05, 4.69) is 38.2 Å². The molecule has 0 aliphatic rings. The first-order chi connectivity index (χ1) is 11.9. The van der Waals surface area contributed by atoms with Gasteiger partial charge in [0.25, 0.3) is 0 Å². The Kier molecular flexibility index (Phi) is 6.63. The lowest BCUT2D eigenvalue weighted by atomic mass is 9.96. The highest BCUT2D eigenvalue weighted by Gasteiger charge is 2.12. The van der Waals surface area contributed by atoms with E-state index in [1.807, 2.05) is 38.1 Å². The lowest BCUT2D eigenvalue weighted by Gasteiger charge is -2.18. The van der Waals surface area contributed by atoms with Crippen molar-refractivity contribution in [2.24, 2.45) is 0 Å². The Morgan fingerprint density at radius 1 is 1.00 bits per heavy atom. The highest BCUT2D eigenvalue weighted by molar-refractivity contribution is 5.76. The SMILES string of the molecule is Cc1ccc(OCCCC(=O)N[C@@H](C)c2cc(C)c(C)cc2C)cc1. The van der Waals surface area contributed by atoms with Gasteiger partial charge in [-0.1, -0.05) is 29.8 Å². The van der Waals surface area contributed by atoms with Crippen molar-refractivity contribution < 1.29 is 9.53 Å². The molecule has 1 N–H and O–H groups in total. The molecular weight excluding hydrogens is 310 g/mol. The second kappa shape index (κ2) is 8.70. The van der Waals surface area contributed by atoms with Gasteiger partial charge in [0.05, 0.1) is 12.6 Å². The fourth-order valence-corrected chi connectivity index (χ4v) is 2.90. The van der Waals surface area contributed by atoms with E-state index in [4.69, 9.17) is 4.74 Å². The van der Waals surface area contributed by atoms with Gasteiger partial charge in [0.1, 0.15) is 5.75 Å². The van der Waals surface area contributed by atoms with E-state index in [0.29, 0.717) is 19.4 Å². The van der Waals surface area contributed by atoms with Crippen molar-refractivity contribution in [1.82, 2.24) is 5.32 Å². The third kappa shape index (κ3) is 5.63. The summed E-state index contributed by atoms with van der Waals surface area (Å²) in [6.45, 7) is 11.0. The normalized spacial score (nSPS) is 11.9. The lowest BCUT2D eigenvalue weighted by molar-refractivity contribution is -0.121. The Bertz CT molecular complexity index is 720. The molecule has 0 heterocycles. The standard InChI is InChI=1S/C22H29NO2/c1-15-8-10-20(11-9-15)25-12-6-7-22(24)23-19(5)21-14-17(3)16(2)13-18(21)4/h8-11,13-14,19H,6-7,12H2,1-5H3,(H,23,24)/t19-/m0/s1. The average Bonchev–Trinajstić information content (AvgIpc) is 2.56. The summed E-state index contributed by atoms with van der Waals surface area (Å²) in [5, 5.41) is 3.10. The maximum atomic E-state index is 12.2. The van der Waals surface area contributed by atoms with Gasteiger partial charge in [0.15, 0.2) is 0 Å². The zero-order valence-electron chi connectivity index (χ0n) is 16.0. The molecule has 2 rings (SSSR count). The molecule has 3 heteroatoms. The van der Waals surface area contributed by atoms with Crippen LogP contribution in [-0.2, 0) is 4.79 Å². The van der Waals surface area contributed by atoms with Crippen LogP contribution in [0.1, 0.15) is 53.6 Å². The minimum atomic E-state index is 0.0183. The second-order valence-corrected chi connectivity index (χ2v) is 6.85. The first-order valence-corrected chi connectivity index (χ1v) is 8.93. The van der Waals surface area contributed by atoms with E-state index in [-0.39, 0.29) is 11.9 Å². The summed E-state index contributed by atoms with van der Waals surface area (Å²) in [5.41, 5.74) is 6.16. The summed E-state index contributed by atoms with van der Waals surface area (Å²) in [5.74, 6) is 0.919. The molecule has 0 bridgehead atoms. The Balaban J connectivity index is 1.78. The Morgan fingerprint density at radius 2 is 1.64 bits per heavy atom. The van der Waals surface area contributed by atoms with Gasteiger partial charge in [-0.25, -0.2) is 0 Å². The zero-order valence-corrected chi connectivity index (χ0v) is 16.0. The minimum absolute atomic E-state index is 0.0183. The molecule has 0 saturated heterocycles. The van der Waals surface area contributed by atoms with Crippen LogP contribution in [0.25, 0.3) is 0 Å².